The number of benzene rings is 2. The van der Waals surface area contributed by atoms with Gasteiger partial charge in [0.1, 0.15) is 0 Å². The predicted molar refractivity (Wildman–Crippen MR) is 135 cm³/mol. The van der Waals surface area contributed by atoms with E-state index in [2.05, 4.69) is 10.3 Å². The Hall–Kier alpha value is -3.97. The molecule has 1 amide bonds. The van der Waals surface area contributed by atoms with E-state index in [1.54, 1.807) is 24.3 Å². The molecule has 0 radical (unpaired) electrons. The first kappa shape index (κ1) is 27.1. The van der Waals surface area contributed by atoms with Crippen LogP contribution in [-0.4, -0.2) is 47.6 Å². The van der Waals surface area contributed by atoms with E-state index < -0.39 is 32.8 Å². The van der Waals surface area contributed by atoms with Crippen molar-refractivity contribution in [2.45, 2.75) is 17.6 Å². The van der Waals surface area contributed by atoms with Crippen LogP contribution in [0.2, 0.25) is 5.15 Å². The van der Waals surface area contributed by atoms with Crippen molar-refractivity contribution in [3.8, 4) is 5.88 Å². The lowest BCUT2D eigenvalue weighted by Crippen LogP contribution is -2.23. The molecule has 14 heteroatoms. The van der Waals surface area contributed by atoms with Gasteiger partial charge in [0.15, 0.2) is 5.15 Å². The lowest BCUT2D eigenvalue weighted by Gasteiger charge is -2.12. The van der Waals surface area contributed by atoms with Crippen LogP contribution in [0.5, 0.6) is 5.88 Å². The number of amides is 1. The minimum atomic E-state index is -4.75. The molecule has 0 unspecified atom stereocenters. The fourth-order valence-electron chi connectivity index (χ4n) is 3.72. The van der Waals surface area contributed by atoms with Crippen molar-refractivity contribution in [1.82, 2.24) is 13.9 Å². The molecule has 0 bridgehead atoms. The van der Waals surface area contributed by atoms with Crippen LogP contribution in [0.3, 0.4) is 0 Å². The van der Waals surface area contributed by atoms with Crippen LogP contribution in [0.15, 0.2) is 65.7 Å². The highest BCUT2D eigenvalue weighted by molar-refractivity contribution is 7.90. The molecule has 0 fully saturated rings. The van der Waals surface area contributed by atoms with Crippen molar-refractivity contribution in [3.63, 3.8) is 0 Å². The average Bonchev–Trinajstić information content (AvgIpc) is 3.23. The summed E-state index contributed by atoms with van der Waals surface area (Å²) in [4.78, 5) is 15.8. The summed E-state index contributed by atoms with van der Waals surface area (Å²) in [7, 11) is -1.79. The second-order valence-corrected chi connectivity index (χ2v) is 10.3. The zero-order chi connectivity index (χ0) is 27.8. The third kappa shape index (κ3) is 5.34. The van der Waals surface area contributed by atoms with E-state index in [-0.39, 0.29) is 23.1 Å². The number of aromatic nitrogens is 2. The summed E-state index contributed by atoms with van der Waals surface area (Å²) in [5.74, 6) is 0.282. The summed E-state index contributed by atoms with van der Waals surface area (Å²) in [6.45, 7) is -0.169. The third-order valence-electron chi connectivity index (χ3n) is 5.62. The SMILES string of the molecule is COc1ccc(Nc2ccc3c(CN(C)C(=O)O)cn(S(=O)(=O)c4cccc(C(F)(F)F)c4)c3c2)c(Cl)n1. The molecule has 2 heterocycles. The van der Waals surface area contributed by atoms with Crippen LogP contribution in [0, 0.1) is 0 Å². The summed E-state index contributed by atoms with van der Waals surface area (Å²) in [5, 5.41) is 12.8. The number of anilines is 2. The molecule has 9 nitrogen and oxygen atoms in total. The molecule has 4 rings (SSSR count). The smallest absolute Gasteiger partial charge is 0.416 e. The van der Waals surface area contributed by atoms with Gasteiger partial charge in [0.05, 0.1) is 35.3 Å². The van der Waals surface area contributed by atoms with Gasteiger partial charge < -0.3 is 20.1 Å². The normalized spacial score (nSPS) is 11.9. The third-order valence-corrected chi connectivity index (χ3v) is 7.58. The Morgan fingerprint density at radius 3 is 2.55 bits per heavy atom. The number of carboxylic acid groups (broad SMARTS) is 1. The van der Waals surface area contributed by atoms with Crippen molar-refractivity contribution >= 4 is 50.0 Å². The van der Waals surface area contributed by atoms with Gasteiger partial charge in [-0.25, -0.2) is 17.2 Å². The molecule has 0 aliphatic rings. The van der Waals surface area contributed by atoms with Gasteiger partial charge in [-0.05, 0) is 42.0 Å². The van der Waals surface area contributed by atoms with Gasteiger partial charge in [0.2, 0.25) is 5.88 Å². The lowest BCUT2D eigenvalue weighted by atomic mass is 10.1. The van der Waals surface area contributed by atoms with E-state index >= 15 is 0 Å². The van der Waals surface area contributed by atoms with Crippen molar-refractivity contribution in [2.75, 3.05) is 19.5 Å². The standard InChI is InChI=1S/C24H20ClF3N4O5S/c1-31(23(33)34)12-14-13-32(38(35,36)17-5-3-4-15(10-17)24(26,27)28)20-11-16(6-7-18(14)20)29-19-8-9-21(37-2)30-22(19)25/h3-11,13,29H,12H2,1-2H3,(H,33,34). The molecular formula is C24H20ClF3N4O5S. The number of alkyl halides is 3. The van der Waals surface area contributed by atoms with Crippen LogP contribution in [0.4, 0.5) is 29.3 Å². The van der Waals surface area contributed by atoms with Crippen molar-refractivity contribution in [3.05, 3.63) is 77.1 Å². The number of methoxy groups -OCH3 is 1. The van der Waals surface area contributed by atoms with E-state index in [4.69, 9.17) is 16.3 Å². The number of fused-ring (bicyclic) bond motifs is 1. The van der Waals surface area contributed by atoms with Crippen LogP contribution >= 0.6 is 11.6 Å². The fraction of sp³-hybridized carbons (Fsp3) is 0.167. The maximum Gasteiger partial charge on any atom is 0.416 e. The van der Waals surface area contributed by atoms with Gasteiger partial charge >= 0.3 is 12.3 Å². The van der Waals surface area contributed by atoms with Crippen LogP contribution in [-0.2, 0) is 22.7 Å². The Morgan fingerprint density at radius 1 is 1.18 bits per heavy atom. The average molecular weight is 569 g/mol. The first-order chi connectivity index (χ1) is 17.8. The largest absolute Gasteiger partial charge is 0.481 e. The van der Waals surface area contributed by atoms with E-state index in [1.165, 1.54) is 26.4 Å². The number of ether oxygens (including phenoxy) is 1. The molecule has 38 heavy (non-hydrogen) atoms. The predicted octanol–water partition coefficient (Wildman–Crippen LogP) is 5.81. The van der Waals surface area contributed by atoms with Crippen LogP contribution < -0.4 is 10.1 Å². The molecule has 0 aliphatic carbocycles. The molecule has 0 atom stereocenters. The number of halogens is 4. The Balaban J connectivity index is 1.86. The summed E-state index contributed by atoms with van der Waals surface area (Å²) < 4.78 is 72.8. The number of nitrogens with one attached hydrogen (secondary N) is 1. The summed E-state index contributed by atoms with van der Waals surface area (Å²) in [6, 6.07) is 11.2. The first-order valence-corrected chi connectivity index (χ1v) is 12.6. The highest BCUT2D eigenvalue weighted by Gasteiger charge is 2.32. The quantitative estimate of drug-likeness (QED) is 0.271. The van der Waals surface area contributed by atoms with Crippen LogP contribution in [0.1, 0.15) is 11.1 Å². The zero-order valence-corrected chi connectivity index (χ0v) is 21.4. The van der Waals surface area contributed by atoms with Gasteiger partial charge in [-0.2, -0.15) is 18.2 Å². The number of hydrogen-bond donors (Lipinski definition) is 2. The molecule has 2 N–H and O–H groups in total. The topological polar surface area (TPSA) is 114 Å². The van der Waals surface area contributed by atoms with Crippen molar-refractivity contribution in [1.29, 1.82) is 0 Å². The molecule has 2 aromatic carbocycles. The molecule has 0 saturated carbocycles. The molecule has 0 spiro atoms. The Kier molecular flexibility index (Phi) is 7.17. The minimum Gasteiger partial charge on any atom is -0.481 e. The fourth-order valence-corrected chi connectivity index (χ4v) is 5.34. The highest BCUT2D eigenvalue weighted by atomic mass is 35.5. The summed E-state index contributed by atoms with van der Waals surface area (Å²) in [5.41, 5.74) is 0.0967. The lowest BCUT2D eigenvalue weighted by molar-refractivity contribution is -0.137. The highest BCUT2D eigenvalue weighted by Crippen LogP contribution is 2.34. The summed E-state index contributed by atoms with van der Waals surface area (Å²) >= 11 is 6.20. The molecule has 0 aliphatic heterocycles. The van der Waals surface area contributed by atoms with E-state index in [1.807, 2.05) is 0 Å². The van der Waals surface area contributed by atoms with Crippen molar-refractivity contribution in [2.24, 2.45) is 0 Å². The molecule has 2 aromatic heterocycles. The van der Waals surface area contributed by atoms with Gasteiger partial charge in [0, 0.05) is 30.4 Å². The van der Waals surface area contributed by atoms with Gasteiger partial charge in [-0.1, -0.05) is 23.7 Å². The molecule has 4 aromatic rings. The molecule has 0 saturated heterocycles. The Morgan fingerprint density at radius 2 is 1.92 bits per heavy atom. The number of carbonyl (C=O) groups is 1. The van der Waals surface area contributed by atoms with E-state index in [9.17, 15) is 31.5 Å². The maximum atomic E-state index is 13.6. The monoisotopic (exact) mass is 568 g/mol. The number of nitrogens with zero attached hydrogens (tertiary/aromatic N) is 3. The zero-order valence-electron chi connectivity index (χ0n) is 19.8. The second-order valence-electron chi connectivity index (χ2n) is 8.17. The number of pyridine rings is 1. The number of hydrogen-bond acceptors (Lipinski definition) is 6. The van der Waals surface area contributed by atoms with Gasteiger partial charge in [0.25, 0.3) is 10.0 Å². The van der Waals surface area contributed by atoms with Crippen LogP contribution in [0.25, 0.3) is 10.9 Å². The van der Waals surface area contributed by atoms with E-state index in [0.717, 1.165) is 27.1 Å². The summed E-state index contributed by atoms with van der Waals surface area (Å²) in [6.07, 6.45) is -4.79. The molecule has 200 valence electrons. The minimum absolute atomic E-state index is 0.0835. The van der Waals surface area contributed by atoms with E-state index in [0.29, 0.717) is 28.4 Å². The van der Waals surface area contributed by atoms with Crippen molar-refractivity contribution < 1.29 is 36.2 Å². The van der Waals surface area contributed by atoms with Gasteiger partial charge in [-0.3, -0.25) is 0 Å². The first-order valence-electron chi connectivity index (χ1n) is 10.8. The Labute approximate surface area is 220 Å². The second kappa shape index (κ2) is 10.1. The maximum absolute atomic E-state index is 13.6. The molecular weight excluding hydrogens is 549 g/mol. The Bertz CT molecular complexity index is 1640. The number of rotatable bonds is 7. The van der Waals surface area contributed by atoms with Gasteiger partial charge in [-0.15, -0.1) is 0 Å².